The fourth-order valence-corrected chi connectivity index (χ4v) is 5.12. The summed E-state index contributed by atoms with van der Waals surface area (Å²) in [5.41, 5.74) is 6.28. The van der Waals surface area contributed by atoms with Gasteiger partial charge in [0.15, 0.2) is 0 Å². The topological polar surface area (TPSA) is 46.4 Å². The molecule has 27 heavy (non-hydrogen) atoms. The van der Waals surface area contributed by atoms with Crippen molar-refractivity contribution in [2.45, 2.75) is 39.2 Å². The Kier molecular flexibility index (Phi) is 4.00. The fourth-order valence-electron chi connectivity index (χ4n) is 5.12. The summed E-state index contributed by atoms with van der Waals surface area (Å²) >= 11 is 0. The number of rotatable bonds is 4. The van der Waals surface area contributed by atoms with Crippen molar-refractivity contribution in [3.63, 3.8) is 0 Å². The lowest BCUT2D eigenvalue weighted by atomic mass is 10.0. The molecule has 1 heterocycles. The zero-order chi connectivity index (χ0) is 18.4. The Morgan fingerprint density at radius 3 is 2.63 bits per heavy atom. The van der Waals surface area contributed by atoms with Crippen LogP contribution in [0.2, 0.25) is 0 Å². The van der Waals surface area contributed by atoms with Crippen LogP contribution in [0.25, 0.3) is 21.8 Å². The van der Waals surface area contributed by atoms with E-state index in [4.69, 9.17) is 0 Å². The van der Waals surface area contributed by atoms with Crippen molar-refractivity contribution in [2.24, 2.45) is 22.9 Å². The molecule has 0 aliphatic heterocycles. The van der Waals surface area contributed by atoms with E-state index >= 15 is 0 Å². The van der Waals surface area contributed by atoms with Gasteiger partial charge in [0.25, 0.3) is 0 Å². The SMILES string of the molecule is CCn1c2ccccc2c2cc(C=NNC(=O)C3[C@@H]4CCCC[C@@H]34)ccc21. The summed E-state index contributed by atoms with van der Waals surface area (Å²) in [6, 6.07) is 14.9. The van der Waals surface area contributed by atoms with Crippen LogP contribution < -0.4 is 5.43 Å². The van der Waals surface area contributed by atoms with Gasteiger partial charge >= 0.3 is 0 Å². The first-order valence-corrected chi connectivity index (χ1v) is 10.1. The molecule has 0 spiro atoms. The van der Waals surface area contributed by atoms with Gasteiger partial charge in [0.1, 0.15) is 0 Å². The number of carbonyl (C=O) groups excluding carboxylic acids is 1. The molecule has 2 fully saturated rings. The smallest absolute Gasteiger partial charge is 0.243 e. The average Bonchev–Trinajstić information content (AvgIpc) is 3.36. The quantitative estimate of drug-likeness (QED) is 0.533. The number of fused-ring (bicyclic) bond motifs is 4. The molecule has 2 atom stereocenters. The third-order valence-electron chi connectivity index (χ3n) is 6.46. The van der Waals surface area contributed by atoms with E-state index < -0.39 is 0 Å². The molecule has 5 rings (SSSR count). The van der Waals surface area contributed by atoms with E-state index in [1.54, 1.807) is 6.21 Å². The highest BCUT2D eigenvalue weighted by atomic mass is 16.2. The van der Waals surface area contributed by atoms with Gasteiger partial charge in [0.05, 0.1) is 6.21 Å². The van der Waals surface area contributed by atoms with Crippen molar-refractivity contribution in [1.29, 1.82) is 0 Å². The summed E-state index contributed by atoms with van der Waals surface area (Å²) in [6.45, 7) is 3.11. The summed E-state index contributed by atoms with van der Waals surface area (Å²) in [4.78, 5) is 12.4. The minimum absolute atomic E-state index is 0.104. The second-order valence-corrected chi connectivity index (χ2v) is 7.91. The molecule has 2 aliphatic rings. The van der Waals surface area contributed by atoms with Crippen molar-refractivity contribution >= 4 is 33.9 Å². The molecule has 138 valence electrons. The molecular formula is C23H25N3O. The number of benzene rings is 2. The molecule has 0 radical (unpaired) electrons. The largest absolute Gasteiger partial charge is 0.341 e. The molecule has 0 bridgehead atoms. The molecule has 2 aromatic carbocycles. The highest BCUT2D eigenvalue weighted by Crippen LogP contribution is 2.55. The van der Waals surface area contributed by atoms with Gasteiger partial charge in [-0.2, -0.15) is 5.10 Å². The number of nitrogens with one attached hydrogen (secondary N) is 1. The van der Waals surface area contributed by atoms with Gasteiger partial charge in [-0.1, -0.05) is 37.1 Å². The minimum Gasteiger partial charge on any atom is -0.341 e. The Labute approximate surface area is 159 Å². The van der Waals surface area contributed by atoms with E-state index in [1.807, 2.05) is 0 Å². The minimum atomic E-state index is 0.104. The normalized spacial score (nSPS) is 24.4. The van der Waals surface area contributed by atoms with Gasteiger partial charge < -0.3 is 4.57 Å². The van der Waals surface area contributed by atoms with Gasteiger partial charge in [0.2, 0.25) is 5.91 Å². The lowest BCUT2D eigenvalue weighted by Gasteiger charge is -2.04. The van der Waals surface area contributed by atoms with E-state index in [2.05, 4.69) is 64.5 Å². The maximum absolute atomic E-state index is 12.4. The van der Waals surface area contributed by atoms with Gasteiger partial charge in [-0.05, 0) is 55.4 Å². The standard InChI is InChI=1S/C23H25N3O/c1-2-26-20-10-6-5-7-16(20)19-13-15(11-12-21(19)26)14-24-25-23(27)22-17-8-3-4-9-18(17)22/h5-7,10-14,17-18,22H,2-4,8-9H2,1H3,(H,25,27)/t17-,18-/m1/s1. The Morgan fingerprint density at radius 2 is 1.85 bits per heavy atom. The van der Waals surface area contributed by atoms with E-state index in [0.717, 1.165) is 12.1 Å². The maximum atomic E-state index is 12.4. The lowest BCUT2D eigenvalue weighted by molar-refractivity contribution is -0.122. The molecule has 1 amide bonds. The van der Waals surface area contributed by atoms with Crippen LogP contribution in [0.3, 0.4) is 0 Å². The number of hydrazone groups is 1. The Balaban J connectivity index is 1.37. The number of hydrogen-bond donors (Lipinski definition) is 1. The van der Waals surface area contributed by atoms with Crippen LogP contribution in [0.1, 0.15) is 38.2 Å². The van der Waals surface area contributed by atoms with E-state index in [9.17, 15) is 4.79 Å². The van der Waals surface area contributed by atoms with Crippen molar-refractivity contribution in [1.82, 2.24) is 9.99 Å². The fraction of sp³-hybridized carbons (Fsp3) is 0.391. The van der Waals surface area contributed by atoms with Crippen LogP contribution in [-0.2, 0) is 11.3 Å². The molecule has 2 aliphatic carbocycles. The van der Waals surface area contributed by atoms with Crippen LogP contribution in [0.15, 0.2) is 47.6 Å². The van der Waals surface area contributed by atoms with Crippen LogP contribution in [-0.4, -0.2) is 16.7 Å². The number of para-hydroxylation sites is 1. The lowest BCUT2D eigenvalue weighted by Crippen LogP contribution is -2.20. The van der Waals surface area contributed by atoms with E-state index in [0.29, 0.717) is 11.8 Å². The van der Waals surface area contributed by atoms with Crippen LogP contribution in [0, 0.1) is 17.8 Å². The first-order valence-electron chi connectivity index (χ1n) is 10.1. The van der Waals surface area contributed by atoms with Gasteiger partial charge in [0, 0.05) is 34.3 Å². The van der Waals surface area contributed by atoms with Crippen LogP contribution in [0.4, 0.5) is 0 Å². The predicted octanol–water partition coefficient (Wildman–Crippen LogP) is 4.70. The zero-order valence-electron chi connectivity index (χ0n) is 15.7. The second-order valence-electron chi connectivity index (χ2n) is 7.91. The third kappa shape index (κ3) is 2.75. The van der Waals surface area contributed by atoms with E-state index in [1.165, 1.54) is 47.5 Å². The number of aromatic nitrogens is 1. The molecule has 4 nitrogen and oxygen atoms in total. The average molecular weight is 359 g/mol. The van der Waals surface area contributed by atoms with Crippen LogP contribution in [0.5, 0.6) is 0 Å². The molecule has 0 unspecified atom stereocenters. The summed E-state index contributed by atoms with van der Waals surface area (Å²) in [5.74, 6) is 1.54. The molecule has 3 aromatic rings. The van der Waals surface area contributed by atoms with Gasteiger partial charge in [-0.3, -0.25) is 4.79 Å². The number of nitrogens with zero attached hydrogens (tertiary/aromatic N) is 2. The third-order valence-corrected chi connectivity index (χ3v) is 6.46. The monoisotopic (exact) mass is 359 g/mol. The number of hydrogen-bond acceptors (Lipinski definition) is 2. The molecule has 1 N–H and O–H groups in total. The zero-order valence-corrected chi connectivity index (χ0v) is 15.7. The molecule has 2 saturated carbocycles. The molecule has 1 aromatic heterocycles. The molecule has 4 heteroatoms. The molecular weight excluding hydrogens is 334 g/mol. The van der Waals surface area contributed by atoms with Crippen molar-refractivity contribution in [3.05, 3.63) is 48.0 Å². The van der Waals surface area contributed by atoms with Gasteiger partial charge in [-0.25, -0.2) is 5.43 Å². The van der Waals surface area contributed by atoms with Crippen molar-refractivity contribution < 1.29 is 4.79 Å². The Bertz CT molecular complexity index is 1040. The summed E-state index contributed by atoms with van der Waals surface area (Å²) < 4.78 is 2.34. The van der Waals surface area contributed by atoms with E-state index in [-0.39, 0.29) is 11.8 Å². The summed E-state index contributed by atoms with van der Waals surface area (Å²) in [7, 11) is 0. The molecule has 0 saturated heterocycles. The summed E-state index contributed by atoms with van der Waals surface area (Å²) in [5, 5.41) is 6.74. The van der Waals surface area contributed by atoms with Crippen LogP contribution >= 0.6 is 0 Å². The number of carbonyl (C=O) groups is 1. The van der Waals surface area contributed by atoms with Crippen molar-refractivity contribution in [2.75, 3.05) is 0 Å². The van der Waals surface area contributed by atoms with Gasteiger partial charge in [-0.15, -0.1) is 0 Å². The summed E-state index contributed by atoms with van der Waals surface area (Å²) in [6.07, 6.45) is 6.75. The highest BCUT2D eigenvalue weighted by Gasteiger charge is 2.54. The highest BCUT2D eigenvalue weighted by molar-refractivity contribution is 6.09. The Morgan fingerprint density at radius 1 is 1.11 bits per heavy atom. The maximum Gasteiger partial charge on any atom is 0.243 e. The van der Waals surface area contributed by atoms with Crippen molar-refractivity contribution in [3.8, 4) is 0 Å². The number of amides is 1. The number of aryl methyl sites for hydroxylation is 1. The Hall–Kier alpha value is -2.62. The second kappa shape index (κ2) is 6.52. The first-order chi connectivity index (χ1) is 13.3. The first kappa shape index (κ1) is 16.5. The predicted molar refractivity (Wildman–Crippen MR) is 110 cm³/mol.